The number of hydrogen-bond donors (Lipinski definition) is 1. The fourth-order valence-corrected chi connectivity index (χ4v) is 1.22. The Morgan fingerprint density at radius 3 is 2.33 bits per heavy atom. The summed E-state index contributed by atoms with van der Waals surface area (Å²) in [5.74, 6) is -2.11. The molecule has 1 amide bonds. The highest BCUT2D eigenvalue weighted by Crippen LogP contribution is 2.18. The molecule has 0 aliphatic rings. The number of rotatable bonds is 6. The maximum Gasteiger partial charge on any atom is 0.406 e. The highest BCUT2D eigenvalue weighted by molar-refractivity contribution is 5.79. The van der Waals surface area contributed by atoms with Gasteiger partial charge in [0.05, 0.1) is 13.5 Å². The summed E-state index contributed by atoms with van der Waals surface area (Å²) in [4.78, 5) is 23.1. The van der Waals surface area contributed by atoms with E-state index in [0.717, 1.165) is 7.11 Å². The number of esters is 1. The molecule has 1 atom stereocenters. The Morgan fingerprint density at radius 1 is 1.39 bits per heavy atom. The van der Waals surface area contributed by atoms with Crippen LogP contribution in [0.2, 0.25) is 0 Å². The van der Waals surface area contributed by atoms with Crippen molar-refractivity contribution in [1.82, 2.24) is 4.90 Å². The maximum atomic E-state index is 12.3. The second-order valence-electron chi connectivity index (χ2n) is 3.84. The Balaban J connectivity index is 4.62. The predicted molar refractivity (Wildman–Crippen MR) is 57.5 cm³/mol. The third kappa shape index (κ3) is 6.43. The van der Waals surface area contributed by atoms with Crippen LogP contribution < -0.4 is 5.73 Å². The SMILES string of the molecule is COC(=O)CCN(CC(F)(F)F)C(=O)C(C)CN. The number of halogens is 3. The van der Waals surface area contributed by atoms with Gasteiger partial charge < -0.3 is 15.4 Å². The summed E-state index contributed by atoms with van der Waals surface area (Å²) >= 11 is 0. The van der Waals surface area contributed by atoms with E-state index in [1.165, 1.54) is 6.92 Å². The number of nitrogens with zero attached hydrogens (tertiary/aromatic N) is 1. The smallest absolute Gasteiger partial charge is 0.406 e. The van der Waals surface area contributed by atoms with Crippen molar-refractivity contribution in [2.24, 2.45) is 11.7 Å². The highest BCUT2D eigenvalue weighted by atomic mass is 19.4. The Morgan fingerprint density at radius 2 is 1.94 bits per heavy atom. The van der Waals surface area contributed by atoms with Crippen LogP contribution in [0.15, 0.2) is 0 Å². The largest absolute Gasteiger partial charge is 0.469 e. The van der Waals surface area contributed by atoms with Gasteiger partial charge in [-0.2, -0.15) is 13.2 Å². The first kappa shape index (κ1) is 16.7. The van der Waals surface area contributed by atoms with Gasteiger partial charge in [-0.05, 0) is 0 Å². The van der Waals surface area contributed by atoms with Crippen molar-refractivity contribution in [2.45, 2.75) is 19.5 Å². The van der Waals surface area contributed by atoms with E-state index in [2.05, 4.69) is 4.74 Å². The lowest BCUT2D eigenvalue weighted by molar-refractivity contribution is -0.164. The van der Waals surface area contributed by atoms with E-state index < -0.39 is 30.5 Å². The molecule has 0 aromatic rings. The molecule has 0 aliphatic heterocycles. The van der Waals surface area contributed by atoms with E-state index in [0.29, 0.717) is 4.90 Å². The highest BCUT2D eigenvalue weighted by Gasteiger charge is 2.34. The molecule has 106 valence electrons. The van der Waals surface area contributed by atoms with Crippen LogP contribution in [0.25, 0.3) is 0 Å². The van der Waals surface area contributed by atoms with Crippen molar-refractivity contribution >= 4 is 11.9 Å². The first-order valence-electron chi connectivity index (χ1n) is 5.33. The zero-order valence-corrected chi connectivity index (χ0v) is 10.3. The number of ether oxygens (including phenoxy) is 1. The Bertz CT molecular complexity index is 295. The molecule has 18 heavy (non-hydrogen) atoms. The summed E-state index contributed by atoms with van der Waals surface area (Å²) in [7, 11) is 1.13. The van der Waals surface area contributed by atoms with Gasteiger partial charge in [-0.3, -0.25) is 9.59 Å². The molecule has 0 fully saturated rings. The van der Waals surface area contributed by atoms with Gasteiger partial charge in [0.1, 0.15) is 6.54 Å². The quantitative estimate of drug-likeness (QED) is 0.715. The molecular weight excluding hydrogens is 253 g/mol. The lowest BCUT2D eigenvalue weighted by Gasteiger charge is -2.26. The second-order valence-corrected chi connectivity index (χ2v) is 3.84. The van der Waals surface area contributed by atoms with E-state index in [4.69, 9.17) is 5.73 Å². The molecule has 0 saturated heterocycles. The Labute approximate surface area is 103 Å². The Kier molecular flexibility index (Phi) is 6.67. The van der Waals surface area contributed by atoms with Crippen LogP contribution in [0, 0.1) is 5.92 Å². The molecule has 0 heterocycles. The number of hydrogen-bond acceptors (Lipinski definition) is 4. The zero-order valence-electron chi connectivity index (χ0n) is 10.3. The van der Waals surface area contributed by atoms with Crippen molar-refractivity contribution in [3.05, 3.63) is 0 Å². The van der Waals surface area contributed by atoms with Gasteiger partial charge in [-0.25, -0.2) is 0 Å². The average Bonchev–Trinajstić information content (AvgIpc) is 2.30. The monoisotopic (exact) mass is 270 g/mol. The van der Waals surface area contributed by atoms with Crippen LogP contribution in [0.3, 0.4) is 0 Å². The fraction of sp³-hybridized carbons (Fsp3) is 0.800. The minimum Gasteiger partial charge on any atom is -0.469 e. The van der Waals surface area contributed by atoms with Crippen molar-refractivity contribution in [3.8, 4) is 0 Å². The van der Waals surface area contributed by atoms with Crippen molar-refractivity contribution < 1.29 is 27.5 Å². The number of carbonyl (C=O) groups is 2. The third-order valence-electron chi connectivity index (χ3n) is 2.27. The van der Waals surface area contributed by atoms with Gasteiger partial charge in [-0.15, -0.1) is 0 Å². The fourth-order valence-electron chi connectivity index (χ4n) is 1.22. The summed E-state index contributed by atoms with van der Waals surface area (Å²) in [5, 5.41) is 0. The van der Waals surface area contributed by atoms with Gasteiger partial charge in [0.25, 0.3) is 0 Å². The van der Waals surface area contributed by atoms with E-state index in [1.54, 1.807) is 0 Å². The summed E-state index contributed by atoms with van der Waals surface area (Å²) in [6, 6.07) is 0. The van der Waals surface area contributed by atoms with Crippen molar-refractivity contribution in [3.63, 3.8) is 0 Å². The molecular formula is C10H17F3N2O3. The summed E-state index contributed by atoms with van der Waals surface area (Å²) in [6.45, 7) is -0.349. The molecule has 0 radical (unpaired) electrons. The Hall–Kier alpha value is -1.31. The van der Waals surface area contributed by atoms with Crippen LogP contribution in [-0.4, -0.2) is 49.7 Å². The van der Waals surface area contributed by atoms with Gasteiger partial charge in [-0.1, -0.05) is 6.92 Å². The van der Waals surface area contributed by atoms with Crippen LogP contribution in [-0.2, 0) is 14.3 Å². The molecule has 0 aliphatic carbocycles. The summed E-state index contributed by atoms with van der Waals surface area (Å²) in [6.07, 6.45) is -4.80. The van der Waals surface area contributed by atoms with E-state index in [-0.39, 0.29) is 19.5 Å². The van der Waals surface area contributed by atoms with Crippen LogP contribution in [0.4, 0.5) is 13.2 Å². The topological polar surface area (TPSA) is 72.6 Å². The molecule has 5 nitrogen and oxygen atoms in total. The van der Waals surface area contributed by atoms with Gasteiger partial charge >= 0.3 is 12.1 Å². The molecule has 1 unspecified atom stereocenters. The van der Waals surface area contributed by atoms with Gasteiger partial charge in [0.2, 0.25) is 5.91 Å². The molecule has 0 rings (SSSR count). The number of nitrogens with two attached hydrogens (primary N) is 1. The molecule has 2 N–H and O–H groups in total. The molecule has 8 heteroatoms. The van der Waals surface area contributed by atoms with E-state index in [1.807, 2.05) is 0 Å². The minimum absolute atomic E-state index is 0.0502. The summed E-state index contributed by atoms with van der Waals surface area (Å²) in [5.41, 5.74) is 5.24. The molecule has 0 spiro atoms. The van der Waals surface area contributed by atoms with Gasteiger partial charge in [0, 0.05) is 19.0 Å². The molecule has 0 saturated carbocycles. The number of carbonyl (C=O) groups excluding carboxylic acids is 2. The first-order valence-corrected chi connectivity index (χ1v) is 5.33. The predicted octanol–water partition coefficient (Wildman–Crippen LogP) is 0.535. The lowest BCUT2D eigenvalue weighted by atomic mass is 10.1. The number of amides is 1. The second kappa shape index (κ2) is 7.20. The maximum absolute atomic E-state index is 12.3. The third-order valence-corrected chi connectivity index (χ3v) is 2.27. The summed E-state index contributed by atoms with van der Waals surface area (Å²) < 4.78 is 41.2. The van der Waals surface area contributed by atoms with Crippen molar-refractivity contribution in [2.75, 3.05) is 26.7 Å². The van der Waals surface area contributed by atoms with E-state index in [9.17, 15) is 22.8 Å². The van der Waals surface area contributed by atoms with Crippen molar-refractivity contribution in [1.29, 1.82) is 0 Å². The lowest BCUT2D eigenvalue weighted by Crippen LogP contribution is -2.44. The van der Waals surface area contributed by atoms with Crippen LogP contribution in [0.5, 0.6) is 0 Å². The minimum atomic E-state index is -4.51. The van der Waals surface area contributed by atoms with E-state index >= 15 is 0 Å². The number of alkyl halides is 3. The molecule has 0 aromatic carbocycles. The molecule has 0 aromatic heterocycles. The first-order chi connectivity index (χ1) is 8.21. The zero-order chi connectivity index (χ0) is 14.3. The number of methoxy groups -OCH3 is 1. The van der Waals surface area contributed by atoms with Gasteiger partial charge in [0.15, 0.2) is 0 Å². The normalized spacial score (nSPS) is 13.0. The molecule has 0 bridgehead atoms. The average molecular weight is 270 g/mol. The van der Waals surface area contributed by atoms with Crippen LogP contribution in [0.1, 0.15) is 13.3 Å². The van der Waals surface area contributed by atoms with Crippen LogP contribution >= 0.6 is 0 Å². The standard InChI is InChI=1S/C10H17F3N2O3/c1-7(5-14)9(17)15(6-10(11,12)13)4-3-8(16)18-2/h7H,3-6,14H2,1-2H3.